The SMILES string of the molecule is Cc1ccc2ccc(NC(=O)C3CCC3)nc2c1. The molecule has 0 unspecified atom stereocenters. The van der Waals surface area contributed by atoms with Crippen molar-refractivity contribution in [2.75, 3.05) is 5.32 Å². The number of benzene rings is 1. The van der Waals surface area contributed by atoms with E-state index >= 15 is 0 Å². The van der Waals surface area contributed by atoms with Gasteiger partial charge >= 0.3 is 0 Å². The van der Waals surface area contributed by atoms with E-state index in [1.54, 1.807) is 0 Å². The van der Waals surface area contributed by atoms with E-state index in [1.807, 2.05) is 25.1 Å². The van der Waals surface area contributed by atoms with E-state index in [1.165, 1.54) is 12.0 Å². The number of aryl methyl sites for hydroxylation is 1. The Labute approximate surface area is 106 Å². The minimum atomic E-state index is 0.112. The predicted molar refractivity (Wildman–Crippen MR) is 72.5 cm³/mol. The highest BCUT2D eigenvalue weighted by atomic mass is 16.2. The number of hydrogen-bond acceptors (Lipinski definition) is 2. The number of carbonyl (C=O) groups is 1. The number of aromatic nitrogens is 1. The second kappa shape index (κ2) is 4.41. The van der Waals surface area contributed by atoms with Gasteiger partial charge in [0.2, 0.25) is 5.91 Å². The van der Waals surface area contributed by atoms with Crippen molar-refractivity contribution in [2.24, 2.45) is 5.92 Å². The molecule has 3 heteroatoms. The van der Waals surface area contributed by atoms with Crippen LogP contribution in [-0.4, -0.2) is 10.9 Å². The van der Waals surface area contributed by atoms with Crippen LogP contribution in [0.2, 0.25) is 0 Å². The number of hydrogen-bond donors (Lipinski definition) is 1. The van der Waals surface area contributed by atoms with Crippen molar-refractivity contribution < 1.29 is 4.79 Å². The maximum Gasteiger partial charge on any atom is 0.228 e. The van der Waals surface area contributed by atoms with Crippen LogP contribution in [0.4, 0.5) is 5.82 Å². The number of carbonyl (C=O) groups excluding carboxylic acids is 1. The number of pyridine rings is 1. The first-order valence-corrected chi connectivity index (χ1v) is 6.41. The van der Waals surface area contributed by atoms with Gasteiger partial charge in [-0.15, -0.1) is 0 Å². The van der Waals surface area contributed by atoms with Gasteiger partial charge in [0.15, 0.2) is 0 Å². The largest absolute Gasteiger partial charge is 0.310 e. The molecule has 1 aliphatic rings. The van der Waals surface area contributed by atoms with Crippen LogP contribution < -0.4 is 5.32 Å². The van der Waals surface area contributed by atoms with E-state index in [0.29, 0.717) is 5.82 Å². The molecule has 0 atom stereocenters. The fourth-order valence-electron chi connectivity index (χ4n) is 2.20. The van der Waals surface area contributed by atoms with Crippen molar-refractivity contribution in [1.82, 2.24) is 4.98 Å². The standard InChI is InChI=1S/C15H16N2O/c1-10-5-6-11-7-8-14(16-13(11)9-10)17-15(18)12-3-2-4-12/h5-9,12H,2-4H2,1H3,(H,16,17,18). The second-order valence-corrected chi connectivity index (χ2v) is 5.01. The Balaban J connectivity index is 1.85. The molecule has 1 fully saturated rings. The van der Waals surface area contributed by atoms with Gasteiger partial charge in [-0.3, -0.25) is 4.79 Å². The molecule has 18 heavy (non-hydrogen) atoms. The zero-order valence-corrected chi connectivity index (χ0v) is 10.4. The van der Waals surface area contributed by atoms with E-state index in [9.17, 15) is 4.79 Å². The Bertz CT molecular complexity index is 602. The summed E-state index contributed by atoms with van der Waals surface area (Å²) < 4.78 is 0. The monoisotopic (exact) mass is 240 g/mol. The molecule has 0 bridgehead atoms. The maximum absolute atomic E-state index is 11.8. The quantitative estimate of drug-likeness (QED) is 0.875. The number of fused-ring (bicyclic) bond motifs is 1. The molecule has 0 saturated heterocycles. The molecule has 1 heterocycles. The van der Waals surface area contributed by atoms with Gasteiger partial charge in [-0.25, -0.2) is 4.98 Å². The number of nitrogens with zero attached hydrogens (tertiary/aromatic N) is 1. The summed E-state index contributed by atoms with van der Waals surface area (Å²) >= 11 is 0. The molecule has 1 amide bonds. The third-order valence-electron chi connectivity index (χ3n) is 3.57. The molecule has 0 spiro atoms. The maximum atomic E-state index is 11.8. The summed E-state index contributed by atoms with van der Waals surface area (Å²) in [5.74, 6) is 0.964. The number of nitrogens with one attached hydrogen (secondary N) is 1. The van der Waals surface area contributed by atoms with Gasteiger partial charge in [0.25, 0.3) is 0 Å². The molecule has 3 nitrogen and oxygen atoms in total. The minimum absolute atomic E-state index is 0.112. The Morgan fingerprint density at radius 3 is 2.78 bits per heavy atom. The number of anilines is 1. The van der Waals surface area contributed by atoms with Gasteiger partial charge in [-0.05, 0) is 43.5 Å². The first kappa shape index (κ1) is 11.2. The summed E-state index contributed by atoms with van der Waals surface area (Å²) in [5, 5.41) is 4.00. The molecule has 1 saturated carbocycles. The topological polar surface area (TPSA) is 42.0 Å². The van der Waals surface area contributed by atoms with Crippen molar-refractivity contribution in [3.8, 4) is 0 Å². The first-order valence-electron chi connectivity index (χ1n) is 6.41. The van der Waals surface area contributed by atoms with Gasteiger partial charge in [0, 0.05) is 11.3 Å². The molecular weight excluding hydrogens is 224 g/mol. The summed E-state index contributed by atoms with van der Waals surface area (Å²) in [6.07, 6.45) is 3.19. The highest BCUT2D eigenvalue weighted by molar-refractivity contribution is 5.93. The number of amides is 1. The Morgan fingerprint density at radius 1 is 1.28 bits per heavy atom. The molecule has 0 radical (unpaired) electrons. The lowest BCUT2D eigenvalue weighted by Gasteiger charge is -2.23. The highest BCUT2D eigenvalue weighted by Crippen LogP contribution is 2.27. The minimum Gasteiger partial charge on any atom is -0.310 e. The van der Waals surface area contributed by atoms with Gasteiger partial charge in [-0.1, -0.05) is 18.6 Å². The lowest BCUT2D eigenvalue weighted by molar-refractivity contribution is -0.122. The average Bonchev–Trinajstić information content (AvgIpc) is 2.25. The summed E-state index contributed by atoms with van der Waals surface area (Å²) in [6.45, 7) is 2.04. The second-order valence-electron chi connectivity index (χ2n) is 5.01. The Kier molecular flexibility index (Phi) is 2.74. The van der Waals surface area contributed by atoms with Crippen molar-refractivity contribution in [1.29, 1.82) is 0 Å². The van der Waals surface area contributed by atoms with Crippen LogP contribution in [0.3, 0.4) is 0 Å². The van der Waals surface area contributed by atoms with Crippen LogP contribution in [-0.2, 0) is 4.79 Å². The Morgan fingerprint density at radius 2 is 2.06 bits per heavy atom. The molecule has 92 valence electrons. The predicted octanol–water partition coefficient (Wildman–Crippen LogP) is 3.28. The molecule has 1 aromatic heterocycles. The van der Waals surface area contributed by atoms with Crippen LogP contribution in [0.1, 0.15) is 24.8 Å². The fraction of sp³-hybridized carbons (Fsp3) is 0.333. The van der Waals surface area contributed by atoms with E-state index in [2.05, 4.69) is 22.4 Å². The van der Waals surface area contributed by atoms with Crippen molar-refractivity contribution >= 4 is 22.6 Å². The van der Waals surface area contributed by atoms with E-state index in [-0.39, 0.29) is 11.8 Å². The average molecular weight is 240 g/mol. The smallest absolute Gasteiger partial charge is 0.228 e. The normalized spacial score (nSPS) is 15.4. The number of rotatable bonds is 2. The van der Waals surface area contributed by atoms with Gasteiger partial charge in [0.1, 0.15) is 5.82 Å². The molecule has 1 aromatic carbocycles. The molecular formula is C15H16N2O. The summed E-state index contributed by atoms with van der Waals surface area (Å²) in [6, 6.07) is 10.0. The van der Waals surface area contributed by atoms with Gasteiger partial charge in [-0.2, -0.15) is 0 Å². The highest BCUT2D eigenvalue weighted by Gasteiger charge is 2.25. The summed E-state index contributed by atoms with van der Waals surface area (Å²) in [5.41, 5.74) is 2.11. The van der Waals surface area contributed by atoms with Crippen molar-refractivity contribution in [2.45, 2.75) is 26.2 Å². The van der Waals surface area contributed by atoms with Crippen molar-refractivity contribution in [3.63, 3.8) is 0 Å². The van der Waals surface area contributed by atoms with E-state index < -0.39 is 0 Å². The zero-order chi connectivity index (χ0) is 12.5. The molecule has 1 N–H and O–H groups in total. The molecule has 2 aromatic rings. The summed E-state index contributed by atoms with van der Waals surface area (Å²) in [4.78, 5) is 16.3. The molecule has 0 aliphatic heterocycles. The van der Waals surface area contributed by atoms with Gasteiger partial charge in [0.05, 0.1) is 5.52 Å². The van der Waals surface area contributed by atoms with Crippen molar-refractivity contribution in [3.05, 3.63) is 35.9 Å². The van der Waals surface area contributed by atoms with Crippen LogP contribution in [0.25, 0.3) is 10.9 Å². The lowest BCUT2D eigenvalue weighted by Crippen LogP contribution is -2.28. The van der Waals surface area contributed by atoms with Gasteiger partial charge < -0.3 is 5.32 Å². The zero-order valence-electron chi connectivity index (χ0n) is 10.4. The first-order chi connectivity index (χ1) is 8.72. The van der Waals surface area contributed by atoms with Crippen LogP contribution in [0.5, 0.6) is 0 Å². The van der Waals surface area contributed by atoms with E-state index in [0.717, 1.165) is 23.7 Å². The molecule has 3 rings (SSSR count). The van der Waals surface area contributed by atoms with Crippen LogP contribution >= 0.6 is 0 Å². The molecule has 1 aliphatic carbocycles. The third kappa shape index (κ3) is 2.08. The third-order valence-corrected chi connectivity index (χ3v) is 3.57. The van der Waals surface area contributed by atoms with Crippen LogP contribution in [0, 0.1) is 12.8 Å². The van der Waals surface area contributed by atoms with E-state index in [4.69, 9.17) is 0 Å². The lowest BCUT2D eigenvalue weighted by atomic mass is 9.85. The van der Waals surface area contributed by atoms with Crippen LogP contribution in [0.15, 0.2) is 30.3 Å². The Hall–Kier alpha value is -1.90. The summed E-state index contributed by atoms with van der Waals surface area (Å²) in [7, 11) is 0. The fourth-order valence-corrected chi connectivity index (χ4v) is 2.20.